The zero-order chi connectivity index (χ0) is 13.8. The predicted octanol–water partition coefficient (Wildman–Crippen LogP) is 3.23. The zero-order valence-corrected chi connectivity index (χ0v) is 15.8. The summed E-state index contributed by atoms with van der Waals surface area (Å²) in [5, 5.41) is 7.74. The van der Waals surface area contributed by atoms with Crippen LogP contribution in [0.3, 0.4) is 0 Å². The van der Waals surface area contributed by atoms with Crippen LogP contribution in [0.4, 0.5) is 0 Å². The van der Waals surface area contributed by atoms with Gasteiger partial charge in [0.2, 0.25) is 0 Å². The van der Waals surface area contributed by atoms with Gasteiger partial charge in [-0.15, -0.1) is 35.3 Å². The first-order valence-corrected chi connectivity index (χ1v) is 7.13. The molecule has 19 heavy (non-hydrogen) atoms. The molecule has 4 nitrogen and oxygen atoms in total. The maximum absolute atomic E-state index is 4.61. The molecule has 6 heteroatoms. The van der Waals surface area contributed by atoms with Gasteiger partial charge in [-0.3, -0.25) is 0 Å². The summed E-state index contributed by atoms with van der Waals surface area (Å²) in [7, 11) is 0. The fourth-order valence-corrected chi connectivity index (χ4v) is 2.39. The number of guanidine groups is 1. The lowest BCUT2D eigenvalue weighted by Crippen LogP contribution is -2.47. The van der Waals surface area contributed by atoms with Crippen molar-refractivity contribution < 1.29 is 0 Å². The minimum Gasteiger partial charge on any atom is -0.357 e. The third-order valence-corrected chi connectivity index (χ3v) is 3.28. The number of aliphatic imine (C=N–C) groups is 1. The van der Waals surface area contributed by atoms with E-state index in [9.17, 15) is 0 Å². The van der Waals surface area contributed by atoms with Crippen molar-refractivity contribution in [3.8, 4) is 0 Å². The molecular weight excluding hydrogens is 371 g/mol. The molecule has 0 aliphatic rings. The van der Waals surface area contributed by atoms with Gasteiger partial charge in [-0.05, 0) is 41.5 Å². The van der Waals surface area contributed by atoms with Crippen molar-refractivity contribution in [1.82, 2.24) is 15.6 Å². The molecule has 110 valence electrons. The van der Waals surface area contributed by atoms with E-state index in [0.29, 0.717) is 6.54 Å². The molecule has 1 aromatic heterocycles. The number of thiazole rings is 1. The summed E-state index contributed by atoms with van der Waals surface area (Å²) in [4.78, 5) is 10.3. The molecule has 1 heterocycles. The van der Waals surface area contributed by atoms with E-state index in [4.69, 9.17) is 0 Å². The average Bonchev–Trinajstić information content (AvgIpc) is 2.52. The molecule has 0 radical (unpaired) electrons. The van der Waals surface area contributed by atoms with Gasteiger partial charge in [-0.1, -0.05) is 0 Å². The Kier molecular flexibility index (Phi) is 7.88. The van der Waals surface area contributed by atoms with Gasteiger partial charge < -0.3 is 10.6 Å². The number of aromatic nitrogens is 1. The Labute approximate surface area is 137 Å². The van der Waals surface area contributed by atoms with Crippen molar-refractivity contribution in [3.63, 3.8) is 0 Å². The van der Waals surface area contributed by atoms with E-state index in [-0.39, 0.29) is 29.5 Å². The molecule has 0 saturated heterocycles. The van der Waals surface area contributed by atoms with Crippen LogP contribution in [-0.4, -0.2) is 23.0 Å². The van der Waals surface area contributed by atoms with Crippen molar-refractivity contribution in [2.75, 3.05) is 6.54 Å². The van der Waals surface area contributed by atoms with E-state index >= 15 is 0 Å². The van der Waals surface area contributed by atoms with Crippen LogP contribution in [0.15, 0.2) is 4.99 Å². The quantitative estimate of drug-likeness (QED) is 0.469. The molecular formula is C13H25IN4S. The van der Waals surface area contributed by atoms with Gasteiger partial charge in [-0.2, -0.15) is 0 Å². The van der Waals surface area contributed by atoms with E-state index in [0.717, 1.165) is 23.2 Å². The standard InChI is InChI=1S/C13H24N4S.HI/c1-7-14-12(17-13(4,5)6)15-8-11-9(2)16-10(3)18-11;/h7-8H2,1-6H3,(H2,14,15,17);1H. The van der Waals surface area contributed by atoms with Crippen LogP contribution in [0, 0.1) is 13.8 Å². The number of aryl methyl sites for hydroxylation is 2. The first-order chi connectivity index (χ1) is 8.31. The van der Waals surface area contributed by atoms with Crippen LogP contribution in [0.5, 0.6) is 0 Å². The normalized spacial score (nSPS) is 12.0. The second kappa shape index (κ2) is 8.04. The van der Waals surface area contributed by atoms with Gasteiger partial charge in [0, 0.05) is 17.0 Å². The number of halogens is 1. The summed E-state index contributed by atoms with van der Waals surface area (Å²) >= 11 is 1.72. The highest BCUT2D eigenvalue weighted by molar-refractivity contribution is 14.0. The van der Waals surface area contributed by atoms with Crippen molar-refractivity contribution in [1.29, 1.82) is 0 Å². The van der Waals surface area contributed by atoms with Gasteiger partial charge in [0.25, 0.3) is 0 Å². The Hall–Kier alpha value is -0.370. The first kappa shape index (κ1) is 18.6. The van der Waals surface area contributed by atoms with Crippen LogP contribution in [-0.2, 0) is 6.54 Å². The Bertz CT molecular complexity index is 421. The molecule has 0 amide bonds. The predicted molar refractivity (Wildman–Crippen MR) is 94.7 cm³/mol. The number of hydrogen-bond acceptors (Lipinski definition) is 3. The summed E-state index contributed by atoms with van der Waals surface area (Å²) < 4.78 is 0. The second-order valence-corrected chi connectivity index (χ2v) is 6.60. The highest BCUT2D eigenvalue weighted by Crippen LogP contribution is 2.17. The molecule has 0 spiro atoms. The molecule has 0 atom stereocenters. The maximum atomic E-state index is 4.61. The topological polar surface area (TPSA) is 49.3 Å². The van der Waals surface area contributed by atoms with Crippen molar-refractivity contribution in [3.05, 3.63) is 15.6 Å². The first-order valence-electron chi connectivity index (χ1n) is 6.31. The molecule has 0 fully saturated rings. The molecule has 2 N–H and O–H groups in total. The second-order valence-electron chi connectivity index (χ2n) is 5.31. The van der Waals surface area contributed by atoms with Crippen molar-refractivity contribution >= 4 is 41.3 Å². The summed E-state index contributed by atoms with van der Waals surface area (Å²) in [5.74, 6) is 0.857. The molecule has 0 bridgehead atoms. The molecule has 0 saturated carbocycles. The van der Waals surface area contributed by atoms with E-state index in [1.165, 1.54) is 4.88 Å². The monoisotopic (exact) mass is 396 g/mol. The van der Waals surface area contributed by atoms with Gasteiger partial charge in [0.1, 0.15) is 0 Å². The van der Waals surface area contributed by atoms with E-state index in [1.807, 2.05) is 13.8 Å². The number of nitrogens with one attached hydrogen (secondary N) is 2. The van der Waals surface area contributed by atoms with Crippen LogP contribution in [0.2, 0.25) is 0 Å². The fraction of sp³-hybridized carbons (Fsp3) is 0.692. The highest BCUT2D eigenvalue weighted by atomic mass is 127. The Morgan fingerprint density at radius 1 is 1.32 bits per heavy atom. The number of rotatable bonds is 3. The third-order valence-electron chi connectivity index (χ3n) is 2.22. The maximum Gasteiger partial charge on any atom is 0.192 e. The Morgan fingerprint density at radius 3 is 2.37 bits per heavy atom. The van der Waals surface area contributed by atoms with Crippen LogP contribution >= 0.6 is 35.3 Å². The largest absolute Gasteiger partial charge is 0.357 e. The van der Waals surface area contributed by atoms with Crippen LogP contribution in [0.1, 0.15) is 43.3 Å². The third kappa shape index (κ3) is 7.10. The minimum atomic E-state index is 0. The summed E-state index contributed by atoms with van der Waals surface area (Å²) in [6.07, 6.45) is 0. The number of hydrogen-bond donors (Lipinski definition) is 2. The Morgan fingerprint density at radius 2 is 1.95 bits per heavy atom. The fourth-order valence-electron chi connectivity index (χ4n) is 1.53. The van der Waals surface area contributed by atoms with E-state index in [1.54, 1.807) is 11.3 Å². The van der Waals surface area contributed by atoms with E-state index < -0.39 is 0 Å². The Balaban J connectivity index is 0.00000324. The lowest BCUT2D eigenvalue weighted by molar-refractivity contribution is 0.501. The smallest absolute Gasteiger partial charge is 0.192 e. The lowest BCUT2D eigenvalue weighted by Gasteiger charge is -2.23. The average molecular weight is 396 g/mol. The molecule has 0 aliphatic heterocycles. The van der Waals surface area contributed by atoms with Crippen LogP contribution in [0.25, 0.3) is 0 Å². The van der Waals surface area contributed by atoms with Gasteiger partial charge in [-0.25, -0.2) is 9.98 Å². The van der Waals surface area contributed by atoms with E-state index in [2.05, 4.69) is 48.3 Å². The SMILES string of the molecule is CCNC(=NCc1sc(C)nc1C)NC(C)(C)C.I. The summed E-state index contributed by atoms with van der Waals surface area (Å²) in [6, 6.07) is 0. The number of nitrogens with zero attached hydrogens (tertiary/aromatic N) is 2. The lowest BCUT2D eigenvalue weighted by atomic mass is 10.1. The molecule has 0 aromatic carbocycles. The van der Waals surface area contributed by atoms with Crippen molar-refractivity contribution in [2.24, 2.45) is 4.99 Å². The highest BCUT2D eigenvalue weighted by Gasteiger charge is 2.12. The molecule has 1 aromatic rings. The van der Waals surface area contributed by atoms with Crippen LogP contribution < -0.4 is 10.6 Å². The van der Waals surface area contributed by atoms with Gasteiger partial charge >= 0.3 is 0 Å². The minimum absolute atomic E-state index is 0. The van der Waals surface area contributed by atoms with Gasteiger partial charge in [0.05, 0.1) is 17.2 Å². The molecule has 0 aliphatic carbocycles. The molecule has 1 rings (SSSR count). The zero-order valence-electron chi connectivity index (χ0n) is 12.6. The summed E-state index contributed by atoms with van der Waals surface area (Å²) in [5.41, 5.74) is 1.10. The molecule has 0 unspecified atom stereocenters. The van der Waals surface area contributed by atoms with Gasteiger partial charge in [0.15, 0.2) is 5.96 Å². The summed E-state index contributed by atoms with van der Waals surface area (Å²) in [6.45, 7) is 14.1. The van der Waals surface area contributed by atoms with Crippen molar-refractivity contribution in [2.45, 2.75) is 53.6 Å².